The lowest BCUT2D eigenvalue weighted by Crippen LogP contribution is -2.06. The molecule has 25 heavy (non-hydrogen) atoms. The lowest BCUT2D eigenvalue weighted by Gasteiger charge is -2.12. The third-order valence-electron chi connectivity index (χ3n) is 4.53. The van der Waals surface area contributed by atoms with Gasteiger partial charge >= 0.3 is 5.97 Å². The molecule has 6 heteroatoms. The lowest BCUT2D eigenvalue weighted by molar-refractivity contribution is -0.137. The first-order valence-corrected chi connectivity index (χ1v) is 9.33. The highest BCUT2D eigenvalue weighted by atomic mass is 32.2. The van der Waals surface area contributed by atoms with Crippen molar-refractivity contribution in [3.63, 3.8) is 0 Å². The number of carbonyl (C=O) groups is 1. The van der Waals surface area contributed by atoms with Gasteiger partial charge in [-0.1, -0.05) is 48.2 Å². The van der Waals surface area contributed by atoms with Crippen LogP contribution in [0.5, 0.6) is 0 Å². The summed E-state index contributed by atoms with van der Waals surface area (Å²) in [5, 5.41) is 11.5. The molecule has 3 aromatic rings. The van der Waals surface area contributed by atoms with Gasteiger partial charge in [0.15, 0.2) is 5.16 Å². The molecule has 1 aliphatic rings. The maximum Gasteiger partial charge on any atom is 0.316 e. The number of thioether (sulfide) groups is 1. The molecule has 0 atom stereocenters. The molecule has 2 aromatic carbocycles. The molecule has 1 fully saturated rings. The van der Waals surface area contributed by atoms with Crippen molar-refractivity contribution in [2.45, 2.75) is 30.5 Å². The molecule has 1 heterocycles. The van der Waals surface area contributed by atoms with Crippen molar-refractivity contribution in [2.24, 2.45) is 0 Å². The first-order chi connectivity index (χ1) is 12.3. The number of rotatable bonds is 6. The summed E-state index contributed by atoms with van der Waals surface area (Å²) in [5.74, 6) is 0.690. The summed E-state index contributed by atoms with van der Waals surface area (Å²) < 4.78 is 6.67. The van der Waals surface area contributed by atoms with E-state index < -0.39 is 0 Å². The molecule has 1 aliphatic carbocycles. The summed E-state index contributed by atoms with van der Waals surface area (Å²) in [6, 6.07) is 13.1. The van der Waals surface area contributed by atoms with Gasteiger partial charge in [0.05, 0.1) is 19.4 Å². The third kappa shape index (κ3) is 3.39. The van der Waals surface area contributed by atoms with Gasteiger partial charge in [-0.05, 0) is 40.7 Å². The number of esters is 1. The van der Waals surface area contributed by atoms with Gasteiger partial charge in [-0.15, -0.1) is 10.2 Å². The van der Waals surface area contributed by atoms with Crippen LogP contribution in [0.2, 0.25) is 0 Å². The Labute approximate surface area is 150 Å². The van der Waals surface area contributed by atoms with Gasteiger partial charge in [0.1, 0.15) is 6.33 Å². The monoisotopic (exact) mass is 353 g/mol. The van der Waals surface area contributed by atoms with Gasteiger partial charge < -0.3 is 9.30 Å². The predicted molar refractivity (Wildman–Crippen MR) is 97.8 cm³/mol. The molecule has 1 aromatic heterocycles. The molecule has 0 spiro atoms. The van der Waals surface area contributed by atoms with E-state index in [4.69, 9.17) is 0 Å². The molecule has 4 rings (SSSR count). The highest BCUT2D eigenvalue weighted by Crippen LogP contribution is 2.43. The molecule has 0 aliphatic heterocycles. The molecular weight excluding hydrogens is 334 g/mol. The topological polar surface area (TPSA) is 57.0 Å². The maximum atomic E-state index is 11.4. The average Bonchev–Trinajstić information content (AvgIpc) is 3.40. The summed E-state index contributed by atoms with van der Waals surface area (Å²) in [7, 11) is 1.39. The molecule has 0 radical (unpaired) electrons. The van der Waals surface area contributed by atoms with Crippen LogP contribution >= 0.6 is 11.8 Å². The van der Waals surface area contributed by atoms with Crippen LogP contribution in [0.4, 0.5) is 0 Å². The van der Waals surface area contributed by atoms with Crippen LogP contribution in [-0.4, -0.2) is 33.6 Å². The Morgan fingerprint density at radius 1 is 1.24 bits per heavy atom. The Morgan fingerprint density at radius 3 is 2.80 bits per heavy atom. The van der Waals surface area contributed by atoms with Crippen LogP contribution in [0.1, 0.15) is 29.9 Å². The summed E-state index contributed by atoms with van der Waals surface area (Å²) in [6.45, 7) is 0.683. The number of hydrogen-bond acceptors (Lipinski definition) is 5. The van der Waals surface area contributed by atoms with Gasteiger partial charge in [0, 0.05) is 0 Å². The summed E-state index contributed by atoms with van der Waals surface area (Å²) in [4.78, 5) is 11.4. The van der Waals surface area contributed by atoms with E-state index >= 15 is 0 Å². The van der Waals surface area contributed by atoms with E-state index in [1.165, 1.54) is 53.6 Å². The molecule has 1 saturated carbocycles. The fourth-order valence-electron chi connectivity index (χ4n) is 3.10. The highest BCUT2D eigenvalue weighted by Gasteiger charge is 2.25. The zero-order valence-corrected chi connectivity index (χ0v) is 14.8. The van der Waals surface area contributed by atoms with E-state index in [2.05, 4.69) is 51.3 Å². The van der Waals surface area contributed by atoms with Crippen molar-refractivity contribution in [3.05, 3.63) is 53.9 Å². The standard InChI is InChI=1S/C19H19N3O2S/c1-24-18(23)11-25-19-21-20-12-22(19)10-14-8-9-16(13-6-7-13)17-5-3-2-4-15(14)17/h2-5,8-9,12-13H,6-7,10-11H2,1H3. The lowest BCUT2D eigenvalue weighted by atomic mass is 9.97. The number of nitrogens with zero attached hydrogens (tertiary/aromatic N) is 3. The normalized spacial score (nSPS) is 14.0. The summed E-state index contributed by atoms with van der Waals surface area (Å²) in [6.07, 6.45) is 4.30. The van der Waals surface area contributed by atoms with Crippen molar-refractivity contribution in [1.82, 2.24) is 14.8 Å². The number of hydrogen-bond donors (Lipinski definition) is 0. The van der Waals surface area contributed by atoms with Crippen molar-refractivity contribution in [3.8, 4) is 0 Å². The number of aromatic nitrogens is 3. The van der Waals surface area contributed by atoms with Gasteiger partial charge in [-0.2, -0.15) is 0 Å². The summed E-state index contributed by atoms with van der Waals surface area (Å²) in [5.41, 5.74) is 2.70. The quantitative estimate of drug-likeness (QED) is 0.500. The van der Waals surface area contributed by atoms with Crippen LogP contribution in [0.25, 0.3) is 10.8 Å². The molecule has 0 saturated heterocycles. The maximum absolute atomic E-state index is 11.4. The minimum atomic E-state index is -0.265. The van der Waals surface area contributed by atoms with Crippen molar-refractivity contribution < 1.29 is 9.53 Å². The van der Waals surface area contributed by atoms with E-state index in [1.807, 2.05) is 4.57 Å². The van der Waals surface area contributed by atoms with Crippen LogP contribution in [0.15, 0.2) is 47.9 Å². The third-order valence-corrected chi connectivity index (χ3v) is 5.49. The molecule has 5 nitrogen and oxygen atoms in total. The minimum absolute atomic E-state index is 0.233. The van der Waals surface area contributed by atoms with Crippen molar-refractivity contribution in [1.29, 1.82) is 0 Å². The van der Waals surface area contributed by atoms with Crippen molar-refractivity contribution >= 4 is 28.5 Å². The van der Waals surface area contributed by atoms with Crippen LogP contribution in [-0.2, 0) is 16.1 Å². The number of methoxy groups -OCH3 is 1. The average molecular weight is 353 g/mol. The first kappa shape index (κ1) is 16.1. The smallest absolute Gasteiger partial charge is 0.316 e. The molecule has 0 N–H and O–H groups in total. The molecule has 128 valence electrons. The zero-order valence-electron chi connectivity index (χ0n) is 14.0. The fourth-order valence-corrected chi connectivity index (χ4v) is 3.85. The molecule has 0 unspecified atom stereocenters. The fraction of sp³-hybridized carbons (Fsp3) is 0.316. The molecule has 0 amide bonds. The Kier molecular flexibility index (Phi) is 4.44. The van der Waals surface area contributed by atoms with Crippen LogP contribution < -0.4 is 0 Å². The number of ether oxygens (including phenoxy) is 1. The van der Waals surface area contributed by atoms with E-state index in [0.717, 1.165) is 11.1 Å². The van der Waals surface area contributed by atoms with Gasteiger partial charge in [0.25, 0.3) is 0 Å². The number of fused-ring (bicyclic) bond motifs is 1. The second kappa shape index (κ2) is 6.88. The second-order valence-electron chi connectivity index (χ2n) is 6.24. The predicted octanol–water partition coefficient (Wildman–Crippen LogP) is 3.62. The largest absolute Gasteiger partial charge is 0.468 e. The van der Waals surface area contributed by atoms with E-state index in [9.17, 15) is 4.79 Å². The number of benzene rings is 2. The first-order valence-electron chi connectivity index (χ1n) is 8.34. The molecule has 0 bridgehead atoms. The Morgan fingerprint density at radius 2 is 2.04 bits per heavy atom. The Balaban J connectivity index is 1.63. The van der Waals surface area contributed by atoms with Gasteiger partial charge in [-0.3, -0.25) is 4.79 Å². The van der Waals surface area contributed by atoms with E-state index in [1.54, 1.807) is 6.33 Å². The SMILES string of the molecule is COC(=O)CSc1nncn1Cc1ccc(C2CC2)c2ccccc12. The van der Waals surface area contributed by atoms with Crippen molar-refractivity contribution in [2.75, 3.05) is 12.9 Å². The van der Waals surface area contributed by atoms with Gasteiger partial charge in [-0.25, -0.2) is 0 Å². The van der Waals surface area contributed by atoms with Crippen LogP contribution in [0.3, 0.4) is 0 Å². The number of carbonyl (C=O) groups excluding carboxylic acids is 1. The molecular formula is C19H19N3O2S. The van der Waals surface area contributed by atoms with E-state index in [-0.39, 0.29) is 11.7 Å². The Hall–Kier alpha value is -2.34. The van der Waals surface area contributed by atoms with Crippen LogP contribution in [0, 0.1) is 0 Å². The second-order valence-corrected chi connectivity index (χ2v) is 7.18. The Bertz CT molecular complexity index is 918. The summed E-state index contributed by atoms with van der Waals surface area (Å²) >= 11 is 1.34. The zero-order chi connectivity index (χ0) is 17.2. The minimum Gasteiger partial charge on any atom is -0.468 e. The van der Waals surface area contributed by atoms with E-state index in [0.29, 0.717) is 6.54 Å². The van der Waals surface area contributed by atoms with Gasteiger partial charge in [0.2, 0.25) is 0 Å². The highest BCUT2D eigenvalue weighted by molar-refractivity contribution is 7.99.